The number of carbonyl (C=O) groups is 1. The number of hydrogen-bond donors (Lipinski definition) is 2. The fourth-order valence-electron chi connectivity index (χ4n) is 3.77. The monoisotopic (exact) mass is 288 g/mol. The van der Waals surface area contributed by atoms with E-state index in [0.29, 0.717) is 9.98 Å². The molecule has 0 bridgehead atoms. The molecule has 2 unspecified atom stereocenters. The Kier molecular flexibility index (Phi) is 2.18. The molecule has 0 radical (unpaired) electrons. The number of thiocarbonyl (C=S) groups is 2. The number of hydrogen-bond acceptors (Lipinski definition) is 3. The van der Waals surface area contributed by atoms with Crippen molar-refractivity contribution in [3.63, 3.8) is 0 Å². The summed E-state index contributed by atoms with van der Waals surface area (Å²) in [6.45, 7) is 0. The first-order valence-corrected chi connectivity index (χ1v) is 7.25. The van der Waals surface area contributed by atoms with Crippen molar-refractivity contribution >= 4 is 40.3 Å². The molecule has 3 nitrogen and oxygen atoms in total. The van der Waals surface area contributed by atoms with Gasteiger partial charge >= 0.3 is 0 Å². The predicted octanol–water partition coefficient (Wildman–Crippen LogP) is 1.37. The van der Waals surface area contributed by atoms with Gasteiger partial charge in [0.25, 0.3) is 0 Å². The minimum absolute atomic E-state index is 0.0332. The molecule has 3 aliphatic rings. The van der Waals surface area contributed by atoms with Crippen LogP contribution in [0, 0.1) is 0 Å². The molecular weight excluding hydrogens is 276 g/mol. The first-order valence-electron chi connectivity index (χ1n) is 6.43. The van der Waals surface area contributed by atoms with Crippen LogP contribution in [0.2, 0.25) is 0 Å². The fourth-order valence-corrected chi connectivity index (χ4v) is 4.41. The maximum absolute atomic E-state index is 12.5. The molecule has 0 aromatic heterocycles. The Morgan fingerprint density at radius 3 is 3.00 bits per heavy atom. The zero-order valence-electron chi connectivity index (χ0n) is 10.2. The van der Waals surface area contributed by atoms with Crippen molar-refractivity contribution in [1.29, 1.82) is 0 Å². The summed E-state index contributed by atoms with van der Waals surface area (Å²) in [5.41, 5.74) is 2.83. The van der Waals surface area contributed by atoms with Crippen molar-refractivity contribution in [2.45, 2.75) is 30.7 Å². The molecule has 0 saturated carbocycles. The summed E-state index contributed by atoms with van der Waals surface area (Å²) in [7, 11) is 0. The number of amides is 1. The van der Waals surface area contributed by atoms with Gasteiger partial charge < -0.3 is 10.6 Å². The van der Waals surface area contributed by atoms with Gasteiger partial charge in [-0.3, -0.25) is 4.79 Å². The van der Waals surface area contributed by atoms with Gasteiger partial charge in [0.2, 0.25) is 5.91 Å². The fraction of sp³-hybridized carbons (Fsp3) is 0.357. The lowest BCUT2D eigenvalue weighted by Gasteiger charge is -2.43. The van der Waals surface area contributed by atoms with Gasteiger partial charge in [0.1, 0.15) is 15.4 Å². The second-order valence-electron chi connectivity index (χ2n) is 5.39. The molecule has 2 aliphatic heterocycles. The zero-order valence-corrected chi connectivity index (χ0v) is 11.8. The Balaban J connectivity index is 2.09. The van der Waals surface area contributed by atoms with Crippen LogP contribution in [0.4, 0.5) is 0 Å². The minimum Gasteiger partial charge on any atom is -0.365 e. The molecule has 1 spiro atoms. The number of rotatable bonds is 0. The molecule has 4 rings (SSSR count). The van der Waals surface area contributed by atoms with Crippen LogP contribution in [0.3, 0.4) is 0 Å². The van der Waals surface area contributed by atoms with E-state index in [1.807, 2.05) is 12.1 Å². The van der Waals surface area contributed by atoms with Crippen molar-refractivity contribution in [2.24, 2.45) is 0 Å². The summed E-state index contributed by atoms with van der Waals surface area (Å²) in [6.07, 6.45) is 2.86. The van der Waals surface area contributed by atoms with Crippen LogP contribution in [0.5, 0.6) is 0 Å². The van der Waals surface area contributed by atoms with Crippen LogP contribution in [-0.4, -0.2) is 21.9 Å². The average molecular weight is 288 g/mol. The Labute approximate surface area is 121 Å². The molecule has 2 N–H and O–H groups in total. The summed E-state index contributed by atoms with van der Waals surface area (Å²) in [5, 5.41) is 6.12. The first kappa shape index (κ1) is 11.5. The Hall–Kier alpha value is -1.33. The molecule has 1 aromatic carbocycles. The van der Waals surface area contributed by atoms with Gasteiger partial charge in [0.15, 0.2) is 0 Å². The van der Waals surface area contributed by atoms with Crippen molar-refractivity contribution in [1.82, 2.24) is 10.6 Å². The quantitative estimate of drug-likeness (QED) is 0.708. The SMILES string of the molecule is O=C1NC(=S)C2NC(=S)c3cccc4c3C12CCC4. The lowest BCUT2D eigenvalue weighted by atomic mass is 9.63. The Morgan fingerprint density at radius 1 is 1.32 bits per heavy atom. The van der Waals surface area contributed by atoms with Crippen LogP contribution in [0.25, 0.3) is 0 Å². The largest absolute Gasteiger partial charge is 0.365 e. The molecule has 2 heterocycles. The normalized spacial score (nSPS) is 31.4. The molecule has 1 aromatic rings. The lowest BCUT2D eigenvalue weighted by molar-refractivity contribution is -0.124. The van der Waals surface area contributed by atoms with Crippen molar-refractivity contribution in [3.05, 3.63) is 34.9 Å². The Morgan fingerprint density at radius 2 is 2.16 bits per heavy atom. The van der Waals surface area contributed by atoms with Crippen molar-refractivity contribution < 1.29 is 4.79 Å². The molecule has 19 heavy (non-hydrogen) atoms. The predicted molar refractivity (Wildman–Crippen MR) is 80.4 cm³/mol. The zero-order chi connectivity index (χ0) is 13.2. The summed E-state index contributed by atoms with van der Waals surface area (Å²) in [6, 6.07) is 5.97. The first-order chi connectivity index (χ1) is 9.14. The molecule has 1 saturated heterocycles. The summed E-state index contributed by atoms with van der Waals surface area (Å²) >= 11 is 10.8. The van der Waals surface area contributed by atoms with Gasteiger partial charge in [0.05, 0.1) is 6.04 Å². The van der Waals surface area contributed by atoms with E-state index in [1.54, 1.807) is 0 Å². The summed E-state index contributed by atoms with van der Waals surface area (Å²) in [4.78, 5) is 13.8. The third-order valence-electron chi connectivity index (χ3n) is 4.53. The van der Waals surface area contributed by atoms with E-state index in [0.717, 1.165) is 30.4 Å². The van der Waals surface area contributed by atoms with E-state index in [-0.39, 0.29) is 11.9 Å². The third kappa shape index (κ3) is 1.25. The van der Waals surface area contributed by atoms with Crippen LogP contribution in [0.15, 0.2) is 18.2 Å². The van der Waals surface area contributed by atoms with Gasteiger partial charge in [-0.15, -0.1) is 0 Å². The highest BCUT2D eigenvalue weighted by molar-refractivity contribution is 7.81. The summed E-state index contributed by atoms with van der Waals surface area (Å²) < 4.78 is 0. The molecular formula is C14H12N2OS2. The van der Waals surface area contributed by atoms with Gasteiger partial charge in [-0.05, 0) is 30.4 Å². The van der Waals surface area contributed by atoms with Gasteiger partial charge in [-0.1, -0.05) is 42.6 Å². The molecule has 2 atom stereocenters. The number of nitrogens with one attached hydrogen (secondary N) is 2. The van der Waals surface area contributed by atoms with E-state index in [2.05, 4.69) is 16.7 Å². The topological polar surface area (TPSA) is 41.1 Å². The number of carbonyl (C=O) groups excluding carboxylic acids is 1. The van der Waals surface area contributed by atoms with Crippen LogP contribution in [-0.2, 0) is 16.6 Å². The maximum atomic E-state index is 12.5. The molecule has 96 valence electrons. The van der Waals surface area contributed by atoms with Crippen LogP contribution < -0.4 is 10.6 Å². The second-order valence-corrected chi connectivity index (χ2v) is 6.24. The third-order valence-corrected chi connectivity index (χ3v) is 5.21. The second kappa shape index (κ2) is 3.61. The highest BCUT2D eigenvalue weighted by atomic mass is 32.1. The standard InChI is InChI=1S/C14H12N2OS2/c17-13-14-6-2-4-7-3-1-5-8(9(7)14)11(18)15-10(14)12(19)16-13/h1,3,5,10H,2,4,6H2,(H,15,18)(H,16,17,19). The van der Waals surface area contributed by atoms with Crippen LogP contribution in [0.1, 0.15) is 29.5 Å². The van der Waals surface area contributed by atoms with Gasteiger partial charge in [-0.25, -0.2) is 0 Å². The molecule has 1 fully saturated rings. The maximum Gasteiger partial charge on any atom is 0.238 e. The molecule has 1 amide bonds. The van der Waals surface area contributed by atoms with E-state index in [4.69, 9.17) is 24.4 Å². The van der Waals surface area contributed by atoms with E-state index >= 15 is 0 Å². The lowest BCUT2D eigenvalue weighted by Crippen LogP contribution is -2.58. The van der Waals surface area contributed by atoms with Crippen LogP contribution >= 0.6 is 24.4 Å². The Bertz CT molecular complexity index is 655. The van der Waals surface area contributed by atoms with Crippen molar-refractivity contribution in [2.75, 3.05) is 0 Å². The summed E-state index contributed by atoms with van der Waals surface area (Å²) in [5.74, 6) is 0.0332. The van der Waals surface area contributed by atoms with Gasteiger partial charge in [0, 0.05) is 5.56 Å². The smallest absolute Gasteiger partial charge is 0.238 e. The van der Waals surface area contributed by atoms with Crippen molar-refractivity contribution in [3.8, 4) is 0 Å². The average Bonchev–Trinajstić information content (AvgIpc) is 2.64. The highest BCUT2D eigenvalue weighted by Gasteiger charge is 2.59. The van der Waals surface area contributed by atoms with E-state index in [1.165, 1.54) is 5.56 Å². The minimum atomic E-state index is -0.538. The van der Waals surface area contributed by atoms with Gasteiger partial charge in [-0.2, -0.15) is 0 Å². The number of benzene rings is 1. The van der Waals surface area contributed by atoms with E-state index < -0.39 is 5.41 Å². The van der Waals surface area contributed by atoms with E-state index in [9.17, 15) is 4.79 Å². The highest BCUT2D eigenvalue weighted by Crippen LogP contribution is 2.47. The molecule has 5 heteroatoms. The molecule has 1 aliphatic carbocycles. The number of aryl methyl sites for hydroxylation is 1.